The Morgan fingerprint density at radius 3 is 2.54 bits per heavy atom. The van der Waals surface area contributed by atoms with Gasteiger partial charge in [0.1, 0.15) is 0 Å². The number of thiocarbonyl (C=S) groups is 1. The van der Waals surface area contributed by atoms with Gasteiger partial charge in [-0.15, -0.1) is 0 Å². The largest absolute Gasteiger partial charge is 0.450 e. The second kappa shape index (κ2) is 11.1. The van der Waals surface area contributed by atoms with Crippen molar-refractivity contribution in [3.63, 3.8) is 0 Å². The number of carbonyl (C=O) groups excluding carboxylic acids is 2. The van der Waals surface area contributed by atoms with Crippen molar-refractivity contribution in [2.24, 2.45) is 0 Å². The van der Waals surface area contributed by atoms with Crippen LogP contribution in [0.1, 0.15) is 47.4 Å². The number of benzene rings is 1. The van der Waals surface area contributed by atoms with E-state index in [2.05, 4.69) is 15.6 Å². The van der Waals surface area contributed by atoms with E-state index in [9.17, 15) is 9.59 Å². The van der Waals surface area contributed by atoms with Crippen molar-refractivity contribution in [2.45, 2.75) is 32.6 Å². The lowest BCUT2D eigenvalue weighted by atomic mass is 9.90. The number of anilines is 1. The Labute approximate surface area is 209 Å². The molecule has 2 amide bonds. The number of piperidine rings is 1. The van der Waals surface area contributed by atoms with Gasteiger partial charge in [-0.25, -0.2) is 9.78 Å². The molecule has 182 valence electrons. The van der Waals surface area contributed by atoms with Gasteiger partial charge in [-0.1, -0.05) is 0 Å². The zero-order valence-electron chi connectivity index (χ0n) is 19.7. The number of amides is 2. The molecule has 1 aliphatic heterocycles. The van der Waals surface area contributed by atoms with Crippen LogP contribution in [-0.4, -0.2) is 56.2 Å². The highest BCUT2D eigenvalue weighted by atomic mass is 32.1. The Bertz CT molecular complexity index is 1190. The van der Waals surface area contributed by atoms with Gasteiger partial charge in [0.2, 0.25) is 0 Å². The first-order valence-corrected chi connectivity index (χ1v) is 12.0. The van der Waals surface area contributed by atoms with Crippen molar-refractivity contribution in [3.8, 4) is 5.69 Å². The second-order valence-electron chi connectivity index (χ2n) is 8.27. The molecule has 1 fully saturated rings. The number of likely N-dealkylation sites (tertiary alicyclic amines) is 1. The highest BCUT2D eigenvalue weighted by molar-refractivity contribution is 7.80. The molecule has 4 rings (SSSR count). The minimum absolute atomic E-state index is 0.112. The van der Waals surface area contributed by atoms with Crippen molar-refractivity contribution < 1.29 is 14.3 Å². The number of hydrogen-bond donors (Lipinski definition) is 2. The smallest absolute Gasteiger partial charge is 0.413 e. The van der Waals surface area contributed by atoms with E-state index in [1.54, 1.807) is 19.4 Å². The normalized spacial score (nSPS) is 13.8. The number of carbonyl (C=O) groups is 2. The molecule has 0 bridgehead atoms. The van der Waals surface area contributed by atoms with Gasteiger partial charge in [-0.05, 0) is 75.3 Å². The Hall–Kier alpha value is -3.79. The Kier molecular flexibility index (Phi) is 7.71. The van der Waals surface area contributed by atoms with E-state index in [4.69, 9.17) is 21.9 Å². The van der Waals surface area contributed by atoms with Crippen LogP contribution < -0.4 is 10.6 Å². The molecule has 2 N–H and O–H groups in total. The molecule has 0 saturated carbocycles. The third-order valence-electron chi connectivity index (χ3n) is 5.89. The molecule has 10 heteroatoms. The summed E-state index contributed by atoms with van der Waals surface area (Å²) >= 11 is 5.35. The number of imidazole rings is 1. The zero-order chi connectivity index (χ0) is 24.8. The summed E-state index contributed by atoms with van der Waals surface area (Å²) in [6.45, 7) is 5.26. The summed E-state index contributed by atoms with van der Waals surface area (Å²) in [6, 6.07) is 11.3. The SMILES string of the molecule is CCOC(=O)NC(=S)N1CCC(c2nc(C)ccc2C(=O)Nc2ccc(-n3ccnc3)cc2)CC1. The van der Waals surface area contributed by atoms with Gasteiger partial charge in [0.15, 0.2) is 5.11 Å². The number of ether oxygens (including phenoxy) is 1. The predicted octanol–water partition coefficient (Wildman–Crippen LogP) is 4.04. The molecule has 1 saturated heterocycles. The third-order valence-corrected chi connectivity index (χ3v) is 6.25. The highest BCUT2D eigenvalue weighted by Gasteiger charge is 2.27. The van der Waals surface area contributed by atoms with Crippen LogP contribution in [0.25, 0.3) is 5.69 Å². The number of aryl methyl sites for hydroxylation is 1. The first-order chi connectivity index (χ1) is 16.9. The van der Waals surface area contributed by atoms with Crippen LogP contribution in [0.5, 0.6) is 0 Å². The number of rotatable bonds is 5. The van der Waals surface area contributed by atoms with Crippen LogP contribution in [0.15, 0.2) is 55.1 Å². The van der Waals surface area contributed by atoms with Crippen LogP contribution in [0.3, 0.4) is 0 Å². The van der Waals surface area contributed by atoms with Crippen LogP contribution in [0, 0.1) is 6.92 Å². The lowest BCUT2D eigenvalue weighted by Crippen LogP contribution is -2.46. The van der Waals surface area contributed by atoms with Crippen molar-refractivity contribution in [2.75, 3.05) is 25.0 Å². The molecular formula is C25H28N6O3S. The number of nitrogens with one attached hydrogen (secondary N) is 2. The maximum Gasteiger partial charge on any atom is 0.413 e. The van der Waals surface area contributed by atoms with Gasteiger partial charge < -0.3 is 19.5 Å². The van der Waals surface area contributed by atoms with Gasteiger partial charge in [-0.3, -0.25) is 15.1 Å². The summed E-state index contributed by atoms with van der Waals surface area (Å²) in [4.78, 5) is 35.6. The highest BCUT2D eigenvalue weighted by Crippen LogP contribution is 2.30. The number of aromatic nitrogens is 3. The number of nitrogens with zero attached hydrogens (tertiary/aromatic N) is 4. The molecule has 1 aliphatic rings. The van der Waals surface area contributed by atoms with Crippen LogP contribution >= 0.6 is 12.2 Å². The first-order valence-electron chi connectivity index (χ1n) is 11.5. The summed E-state index contributed by atoms with van der Waals surface area (Å²) in [5.74, 6) is -0.0780. The topological polar surface area (TPSA) is 101 Å². The molecule has 3 aromatic rings. The van der Waals surface area contributed by atoms with Gasteiger partial charge >= 0.3 is 6.09 Å². The van der Waals surface area contributed by atoms with Crippen molar-refractivity contribution in [3.05, 3.63) is 72.1 Å². The molecule has 9 nitrogen and oxygen atoms in total. The molecule has 1 aromatic carbocycles. The number of alkyl carbamates (subject to hydrolysis) is 1. The van der Waals surface area contributed by atoms with Gasteiger partial charge in [0.05, 0.1) is 24.2 Å². The molecule has 2 aromatic heterocycles. The Morgan fingerprint density at radius 1 is 1.14 bits per heavy atom. The number of hydrogen-bond acceptors (Lipinski definition) is 6. The average Bonchev–Trinajstić information content (AvgIpc) is 3.40. The number of pyridine rings is 1. The van der Waals surface area contributed by atoms with Crippen LogP contribution in [0.4, 0.5) is 10.5 Å². The van der Waals surface area contributed by atoms with Gasteiger partial charge in [0, 0.05) is 48.5 Å². The summed E-state index contributed by atoms with van der Waals surface area (Å²) < 4.78 is 6.80. The quantitative estimate of drug-likeness (QED) is 0.519. The fourth-order valence-corrected chi connectivity index (χ4v) is 4.36. The standard InChI is InChI=1S/C25H28N6O3S/c1-3-34-25(33)29-24(35)30-13-10-18(11-14-30)22-21(9-4-17(2)27-22)23(32)28-19-5-7-20(8-6-19)31-15-12-26-16-31/h4-9,12,15-16,18H,3,10-11,13-14H2,1-2H3,(H,28,32)(H,29,33,35). The minimum atomic E-state index is -0.544. The van der Waals surface area contributed by atoms with E-state index < -0.39 is 6.09 Å². The minimum Gasteiger partial charge on any atom is -0.450 e. The third kappa shape index (κ3) is 6.02. The molecule has 0 aliphatic carbocycles. The van der Waals surface area contributed by atoms with Gasteiger partial charge in [0.25, 0.3) is 5.91 Å². The van der Waals surface area contributed by atoms with Crippen molar-refractivity contribution in [1.29, 1.82) is 0 Å². The first kappa shape index (κ1) is 24.3. The summed E-state index contributed by atoms with van der Waals surface area (Å²) in [5, 5.41) is 5.95. The lowest BCUT2D eigenvalue weighted by molar-refractivity contribution is 0.102. The predicted molar refractivity (Wildman–Crippen MR) is 137 cm³/mol. The lowest BCUT2D eigenvalue weighted by Gasteiger charge is -2.33. The fraction of sp³-hybridized carbons (Fsp3) is 0.320. The molecule has 35 heavy (non-hydrogen) atoms. The zero-order valence-corrected chi connectivity index (χ0v) is 20.5. The van der Waals surface area contributed by atoms with E-state index >= 15 is 0 Å². The maximum absolute atomic E-state index is 13.2. The van der Waals surface area contributed by atoms with Crippen LogP contribution in [-0.2, 0) is 4.74 Å². The van der Waals surface area contributed by atoms with E-state index in [1.807, 2.05) is 59.0 Å². The molecule has 0 spiro atoms. The summed E-state index contributed by atoms with van der Waals surface area (Å²) in [5.41, 5.74) is 3.89. The van der Waals surface area contributed by atoms with Gasteiger partial charge in [-0.2, -0.15) is 0 Å². The second-order valence-corrected chi connectivity index (χ2v) is 8.66. The fourth-order valence-electron chi connectivity index (χ4n) is 4.10. The van der Waals surface area contributed by atoms with Crippen molar-refractivity contribution in [1.82, 2.24) is 24.8 Å². The molecule has 3 heterocycles. The molecule has 0 unspecified atom stereocenters. The Morgan fingerprint density at radius 2 is 1.89 bits per heavy atom. The Balaban J connectivity index is 1.42. The molecular weight excluding hydrogens is 464 g/mol. The van der Waals surface area contributed by atoms with E-state index in [1.165, 1.54) is 0 Å². The van der Waals surface area contributed by atoms with E-state index in [0.717, 1.165) is 29.9 Å². The molecule has 0 radical (unpaired) electrons. The average molecular weight is 493 g/mol. The summed E-state index contributed by atoms with van der Waals surface area (Å²) in [7, 11) is 0. The van der Waals surface area contributed by atoms with E-state index in [-0.39, 0.29) is 18.4 Å². The maximum atomic E-state index is 13.2. The summed E-state index contributed by atoms with van der Waals surface area (Å²) in [6.07, 6.45) is 6.29. The molecule has 0 atom stereocenters. The van der Waals surface area contributed by atoms with E-state index in [0.29, 0.717) is 29.5 Å². The van der Waals surface area contributed by atoms with Crippen molar-refractivity contribution >= 4 is 35.0 Å². The monoisotopic (exact) mass is 492 g/mol. The van der Waals surface area contributed by atoms with Crippen LogP contribution in [0.2, 0.25) is 0 Å².